The van der Waals surface area contributed by atoms with Crippen LogP contribution in [-0.4, -0.2) is 29.2 Å². The Kier molecular flexibility index (Phi) is 5.65. The molecule has 0 saturated heterocycles. The maximum atomic E-state index is 12.0. The highest BCUT2D eigenvalue weighted by Crippen LogP contribution is 2.25. The van der Waals surface area contributed by atoms with Crippen molar-refractivity contribution in [1.82, 2.24) is 4.90 Å². The van der Waals surface area contributed by atoms with E-state index >= 15 is 0 Å². The highest BCUT2D eigenvalue weighted by molar-refractivity contribution is 9.09. The van der Waals surface area contributed by atoms with Gasteiger partial charge in [0.05, 0.1) is 0 Å². The smallest absolute Gasteiger partial charge is 0.225 e. The molecule has 2 nitrogen and oxygen atoms in total. The number of rotatable bonds is 4. The highest BCUT2D eigenvalue weighted by Gasteiger charge is 2.23. The van der Waals surface area contributed by atoms with Gasteiger partial charge in [-0.3, -0.25) is 4.79 Å². The van der Waals surface area contributed by atoms with Gasteiger partial charge in [0.15, 0.2) is 0 Å². The molecule has 1 saturated carbocycles. The Morgan fingerprint density at radius 2 is 2.00 bits per heavy atom. The number of alkyl halides is 1. The van der Waals surface area contributed by atoms with Gasteiger partial charge >= 0.3 is 0 Å². The molecule has 88 valence electrons. The summed E-state index contributed by atoms with van der Waals surface area (Å²) in [5.41, 5.74) is 0. The zero-order chi connectivity index (χ0) is 11.3. The summed E-state index contributed by atoms with van der Waals surface area (Å²) >= 11 is 3.51. The van der Waals surface area contributed by atoms with Gasteiger partial charge in [0.2, 0.25) is 5.91 Å². The minimum absolute atomic E-state index is 0.314. The van der Waals surface area contributed by atoms with Gasteiger partial charge in [-0.2, -0.15) is 0 Å². The minimum Gasteiger partial charge on any atom is -0.345 e. The Bertz CT molecular complexity index is 200. The van der Waals surface area contributed by atoms with Crippen molar-refractivity contribution in [3.05, 3.63) is 0 Å². The van der Waals surface area contributed by atoms with Gasteiger partial charge in [-0.1, -0.05) is 42.1 Å². The first kappa shape index (κ1) is 13.0. The lowest BCUT2D eigenvalue weighted by Crippen LogP contribution is -2.35. The third-order valence-corrected chi connectivity index (χ3v) is 3.65. The van der Waals surface area contributed by atoms with Crippen molar-refractivity contribution in [2.75, 3.05) is 13.6 Å². The van der Waals surface area contributed by atoms with Crippen molar-refractivity contribution in [2.24, 2.45) is 5.92 Å². The van der Waals surface area contributed by atoms with Crippen molar-refractivity contribution in [3.8, 4) is 0 Å². The zero-order valence-electron chi connectivity index (χ0n) is 9.84. The van der Waals surface area contributed by atoms with Crippen LogP contribution >= 0.6 is 15.9 Å². The minimum atomic E-state index is 0.314. The Morgan fingerprint density at radius 1 is 1.40 bits per heavy atom. The monoisotopic (exact) mass is 275 g/mol. The summed E-state index contributed by atoms with van der Waals surface area (Å²) in [4.78, 5) is 14.4. The summed E-state index contributed by atoms with van der Waals surface area (Å²) in [6, 6.07) is 0. The maximum Gasteiger partial charge on any atom is 0.225 e. The van der Waals surface area contributed by atoms with Crippen molar-refractivity contribution < 1.29 is 4.79 Å². The van der Waals surface area contributed by atoms with E-state index in [4.69, 9.17) is 0 Å². The average molecular weight is 276 g/mol. The van der Waals surface area contributed by atoms with Crippen molar-refractivity contribution >= 4 is 21.8 Å². The molecule has 0 aromatic heterocycles. The predicted octanol–water partition coefficient (Wildman–Crippen LogP) is 3.20. The van der Waals surface area contributed by atoms with Gasteiger partial charge in [-0.25, -0.2) is 0 Å². The summed E-state index contributed by atoms with van der Waals surface area (Å²) < 4.78 is 0. The fourth-order valence-corrected chi connectivity index (χ4v) is 2.35. The molecule has 1 fully saturated rings. The molecule has 0 aliphatic heterocycles. The number of hydrogen-bond donors (Lipinski definition) is 0. The van der Waals surface area contributed by atoms with Crippen LogP contribution < -0.4 is 0 Å². The molecule has 1 rings (SSSR count). The van der Waals surface area contributed by atoms with E-state index in [1.54, 1.807) is 0 Å². The molecule has 1 aliphatic rings. The largest absolute Gasteiger partial charge is 0.345 e. The van der Waals surface area contributed by atoms with Gasteiger partial charge in [0, 0.05) is 24.3 Å². The SMILES string of the molecule is CC(Br)CCN(C)C(=O)C1CCCCC1. The van der Waals surface area contributed by atoms with Gasteiger partial charge in [0.25, 0.3) is 0 Å². The average Bonchev–Trinajstić information content (AvgIpc) is 2.26. The van der Waals surface area contributed by atoms with Gasteiger partial charge in [-0.15, -0.1) is 0 Å². The van der Waals surface area contributed by atoms with Crippen LogP contribution in [0.5, 0.6) is 0 Å². The molecule has 1 aliphatic carbocycles. The van der Waals surface area contributed by atoms with Crippen LogP contribution in [0.4, 0.5) is 0 Å². The second-order valence-corrected chi connectivity index (χ2v) is 6.23. The van der Waals surface area contributed by atoms with Crippen molar-refractivity contribution in [1.29, 1.82) is 0 Å². The molecule has 0 radical (unpaired) electrons. The number of carbonyl (C=O) groups excluding carboxylic acids is 1. The van der Waals surface area contributed by atoms with Gasteiger partial charge < -0.3 is 4.90 Å². The number of amides is 1. The van der Waals surface area contributed by atoms with E-state index in [2.05, 4.69) is 22.9 Å². The van der Waals surface area contributed by atoms with E-state index in [1.807, 2.05) is 11.9 Å². The molecule has 1 atom stereocenters. The van der Waals surface area contributed by atoms with Crippen LogP contribution in [-0.2, 0) is 4.79 Å². The molecule has 0 bridgehead atoms. The summed E-state index contributed by atoms with van der Waals surface area (Å²) in [5.74, 6) is 0.678. The topological polar surface area (TPSA) is 20.3 Å². The Balaban J connectivity index is 2.30. The molecule has 1 unspecified atom stereocenters. The van der Waals surface area contributed by atoms with E-state index in [0.29, 0.717) is 16.7 Å². The van der Waals surface area contributed by atoms with Gasteiger partial charge in [-0.05, 0) is 19.3 Å². The molecule has 3 heteroatoms. The summed E-state index contributed by atoms with van der Waals surface area (Å²) in [6.45, 7) is 3.00. The third kappa shape index (κ3) is 4.54. The van der Waals surface area contributed by atoms with E-state index in [9.17, 15) is 4.79 Å². The maximum absolute atomic E-state index is 12.0. The first-order chi connectivity index (χ1) is 7.11. The first-order valence-electron chi connectivity index (χ1n) is 6.00. The molecule has 0 heterocycles. The normalized spacial score (nSPS) is 19.9. The summed E-state index contributed by atoms with van der Waals surface area (Å²) in [6.07, 6.45) is 7.03. The lowest BCUT2D eigenvalue weighted by atomic mass is 9.88. The molecule has 0 spiro atoms. The van der Waals surface area contributed by atoms with Crippen LogP contribution in [0.25, 0.3) is 0 Å². The lowest BCUT2D eigenvalue weighted by molar-refractivity contribution is -0.135. The predicted molar refractivity (Wildman–Crippen MR) is 67.2 cm³/mol. The Labute approximate surface area is 102 Å². The van der Waals surface area contributed by atoms with Gasteiger partial charge in [0.1, 0.15) is 0 Å². The van der Waals surface area contributed by atoms with Crippen LogP contribution in [0.2, 0.25) is 0 Å². The third-order valence-electron chi connectivity index (χ3n) is 3.19. The summed E-state index contributed by atoms with van der Waals surface area (Å²) in [5, 5.41) is 0. The molecular weight excluding hydrogens is 254 g/mol. The second kappa shape index (κ2) is 6.51. The fraction of sp³-hybridized carbons (Fsp3) is 0.917. The number of halogens is 1. The summed E-state index contributed by atoms with van der Waals surface area (Å²) in [7, 11) is 1.94. The zero-order valence-corrected chi connectivity index (χ0v) is 11.4. The Morgan fingerprint density at radius 3 is 2.53 bits per heavy atom. The van der Waals surface area contributed by atoms with E-state index in [1.165, 1.54) is 19.3 Å². The van der Waals surface area contributed by atoms with E-state index < -0.39 is 0 Å². The van der Waals surface area contributed by atoms with Crippen LogP contribution in [0, 0.1) is 5.92 Å². The number of carbonyl (C=O) groups is 1. The first-order valence-corrected chi connectivity index (χ1v) is 6.92. The van der Waals surface area contributed by atoms with E-state index in [0.717, 1.165) is 25.8 Å². The standard InChI is InChI=1S/C12H22BrNO/c1-10(13)8-9-14(2)12(15)11-6-4-3-5-7-11/h10-11H,3-9H2,1-2H3. The molecule has 1 amide bonds. The van der Waals surface area contributed by atoms with E-state index in [-0.39, 0.29) is 0 Å². The number of hydrogen-bond acceptors (Lipinski definition) is 1. The molecule has 15 heavy (non-hydrogen) atoms. The van der Waals surface area contributed by atoms with Crippen molar-refractivity contribution in [2.45, 2.75) is 50.3 Å². The van der Waals surface area contributed by atoms with Crippen LogP contribution in [0.3, 0.4) is 0 Å². The molecule has 0 aromatic carbocycles. The lowest BCUT2D eigenvalue weighted by Gasteiger charge is -2.26. The molecule has 0 aromatic rings. The highest BCUT2D eigenvalue weighted by atomic mass is 79.9. The number of nitrogens with zero attached hydrogens (tertiary/aromatic N) is 1. The second-order valence-electron chi connectivity index (χ2n) is 4.66. The Hall–Kier alpha value is -0.0500. The quantitative estimate of drug-likeness (QED) is 0.722. The fourth-order valence-electron chi connectivity index (χ4n) is 2.14. The van der Waals surface area contributed by atoms with Crippen LogP contribution in [0.1, 0.15) is 45.4 Å². The van der Waals surface area contributed by atoms with Crippen molar-refractivity contribution in [3.63, 3.8) is 0 Å². The molecule has 0 N–H and O–H groups in total. The van der Waals surface area contributed by atoms with Crippen LogP contribution in [0.15, 0.2) is 0 Å². The molecular formula is C12H22BrNO.